The zero-order valence-electron chi connectivity index (χ0n) is 18.5. The first-order valence-electron chi connectivity index (χ1n) is 12.0. The van der Waals surface area contributed by atoms with Crippen LogP contribution in [0.5, 0.6) is 0 Å². The third-order valence-corrected chi connectivity index (χ3v) is 7.75. The number of hydrogen-bond acceptors (Lipinski definition) is 4. The number of hydrogen-bond donors (Lipinski definition) is 0. The van der Waals surface area contributed by atoms with Crippen molar-refractivity contribution in [3.63, 3.8) is 0 Å². The molecule has 4 heterocycles. The molecule has 0 aliphatic carbocycles. The first-order valence-corrected chi connectivity index (χ1v) is 12.0. The van der Waals surface area contributed by atoms with Gasteiger partial charge in [0.1, 0.15) is 0 Å². The Morgan fingerprint density at radius 2 is 1.81 bits per heavy atom. The molecule has 0 saturated carbocycles. The summed E-state index contributed by atoms with van der Waals surface area (Å²) < 4.78 is 0. The first-order chi connectivity index (χ1) is 15.2. The molecule has 2 aromatic carbocycles. The molecule has 3 aliphatic heterocycles. The largest absolute Gasteiger partial charge is 0.370 e. The fourth-order valence-corrected chi connectivity index (χ4v) is 5.93. The highest BCUT2D eigenvalue weighted by molar-refractivity contribution is 5.81. The molecule has 3 aromatic rings. The lowest BCUT2D eigenvalue weighted by molar-refractivity contribution is 0.204. The zero-order chi connectivity index (χ0) is 20.8. The number of para-hydroxylation sites is 1. The normalized spacial score (nSPS) is 24.2. The van der Waals surface area contributed by atoms with Crippen molar-refractivity contribution in [2.24, 2.45) is 0 Å². The maximum Gasteiger partial charge on any atom is 0.0703 e. The molecular weight excluding hydrogens is 380 g/mol. The van der Waals surface area contributed by atoms with E-state index in [-0.39, 0.29) is 0 Å². The summed E-state index contributed by atoms with van der Waals surface area (Å²) in [5, 5.41) is 1.22. The van der Waals surface area contributed by atoms with Crippen molar-refractivity contribution in [3.05, 3.63) is 65.9 Å². The van der Waals surface area contributed by atoms with Gasteiger partial charge in [0, 0.05) is 49.3 Å². The minimum atomic E-state index is 0.740. The maximum absolute atomic E-state index is 4.67. The summed E-state index contributed by atoms with van der Waals surface area (Å²) in [6, 6.07) is 19.4. The van der Waals surface area contributed by atoms with Crippen LogP contribution in [0.25, 0.3) is 10.9 Å². The summed E-state index contributed by atoms with van der Waals surface area (Å²) in [6.07, 6.45) is 7.20. The van der Waals surface area contributed by atoms with E-state index in [0.29, 0.717) is 0 Å². The SMILES string of the molecule is CC1CCCN1C1CCN(c2ccc3c(c2)CCN(c2cnc4ccccc4c2)C3)C1. The molecule has 3 aliphatic rings. The molecule has 2 unspecified atom stereocenters. The van der Waals surface area contributed by atoms with E-state index in [1.54, 1.807) is 0 Å². The molecule has 0 bridgehead atoms. The number of benzene rings is 2. The number of pyridine rings is 1. The quantitative estimate of drug-likeness (QED) is 0.613. The summed E-state index contributed by atoms with van der Waals surface area (Å²) in [4.78, 5) is 12.5. The molecule has 2 atom stereocenters. The minimum absolute atomic E-state index is 0.740. The third-order valence-electron chi connectivity index (χ3n) is 7.75. The van der Waals surface area contributed by atoms with Crippen LogP contribution in [0.2, 0.25) is 0 Å². The van der Waals surface area contributed by atoms with Crippen molar-refractivity contribution in [3.8, 4) is 0 Å². The molecule has 6 rings (SSSR count). The Morgan fingerprint density at radius 3 is 2.71 bits per heavy atom. The first kappa shape index (κ1) is 19.1. The number of rotatable bonds is 3. The van der Waals surface area contributed by atoms with Gasteiger partial charge in [-0.05, 0) is 74.5 Å². The molecule has 160 valence electrons. The van der Waals surface area contributed by atoms with Gasteiger partial charge in [0.2, 0.25) is 0 Å². The molecule has 0 spiro atoms. The molecular formula is C27H32N4. The molecule has 0 N–H and O–H groups in total. The van der Waals surface area contributed by atoms with Crippen molar-refractivity contribution in [2.45, 2.75) is 51.2 Å². The van der Waals surface area contributed by atoms with Crippen LogP contribution in [-0.2, 0) is 13.0 Å². The Kier molecular flexibility index (Phi) is 4.83. The van der Waals surface area contributed by atoms with Gasteiger partial charge in [0.15, 0.2) is 0 Å². The number of fused-ring (bicyclic) bond motifs is 2. The van der Waals surface area contributed by atoms with Crippen LogP contribution >= 0.6 is 0 Å². The van der Waals surface area contributed by atoms with Crippen molar-refractivity contribution in [1.29, 1.82) is 0 Å². The molecule has 0 radical (unpaired) electrons. The average molecular weight is 413 g/mol. The molecule has 2 saturated heterocycles. The zero-order valence-corrected chi connectivity index (χ0v) is 18.5. The van der Waals surface area contributed by atoms with Gasteiger partial charge in [-0.1, -0.05) is 24.3 Å². The van der Waals surface area contributed by atoms with Crippen molar-refractivity contribution in [2.75, 3.05) is 36.0 Å². The van der Waals surface area contributed by atoms with Crippen LogP contribution in [-0.4, -0.2) is 48.1 Å². The fraction of sp³-hybridized carbons (Fsp3) is 0.444. The summed E-state index contributed by atoms with van der Waals surface area (Å²) in [7, 11) is 0. The molecule has 1 aromatic heterocycles. The lowest BCUT2D eigenvalue weighted by Gasteiger charge is -2.32. The van der Waals surface area contributed by atoms with Gasteiger partial charge in [-0.3, -0.25) is 9.88 Å². The Labute approximate surface area is 185 Å². The van der Waals surface area contributed by atoms with Gasteiger partial charge >= 0.3 is 0 Å². The molecule has 4 nitrogen and oxygen atoms in total. The van der Waals surface area contributed by atoms with E-state index in [1.165, 1.54) is 66.8 Å². The fourth-order valence-electron chi connectivity index (χ4n) is 5.93. The van der Waals surface area contributed by atoms with E-state index in [1.807, 2.05) is 6.20 Å². The van der Waals surface area contributed by atoms with E-state index in [9.17, 15) is 0 Å². The Balaban J connectivity index is 1.17. The van der Waals surface area contributed by atoms with Crippen LogP contribution in [0.4, 0.5) is 11.4 Å². The van der Waals surface area contributed by atoms with E-state index >= 15 is 0 Å². The predicted molar refractivity (Wildman–Crippen MR) is 129 cm³/mol. The average Bonchev–Trinajstić information content (AvgIpc) is 3.47. The summed E-state index contributed by atoms with van der Waals surface area (Å²) >= 11 is 0. The van der Waals surface area contributed by atoms with Gasteiger partial charge < -0.3 is 9.80 Å². The third kappa shape index (κ3) is 3.57. The second-order valence-electron chi connectivity index (χ2n) is 9.63. The molecule has 2 fully saturated rings. The Bertz CT molecular complexity index is 1090. The smallest absolute Gasteiger partial charge is 0.0703 e. The highest BCUT2D eigenvalue weighted by Crippen LogP contribution is 2.32. The van der Waals surface area contributed by atoms with Crippen molar-refractivity contribution in [1.82, 2.24) is 9.88 Å². The standard InChI is InChI=1S/C27H32N4/c1-20-5-4-12-31(20)25-11-14-30(19-25)24-9-8-23-18-29(13-10-21(23)15-24)26-16-22-6-2-3-7-27(22)28-17-26/h2-3,6-9,15-17,20,25H,4-5,10-14,18-19H2,1H3. The van der Waals surface area contributed by atoms with Gasteiger partial charge in [-0.25, -0.2) is 0 Å². The van der Waals surface area contributed by atoms with E-state index in [2.05, 4.69) is 75.1 Å². The number of likely N-dealkylation sites (tertiary alicyclic amines) is 1. The van der Waals surface area contributed by atoms with Crippen LogP contribution < -0.4 is 9.80 Å². The number of nitrogens with zero attached hydrogens (tertiary/aromatic N) is 4. The van der Waals surface area contributed by atoms with Crippen LogP contribution in [0.1, 0.15) is 37.3 Å². The molecule has 0 amide bonds. The highest BCUT2D eigenvalue weighted by atomic mass is 15.3. The topological polar surface area (TPSA) is 22.6 Å². The summed E-state index contributed by atoms with van der Waals surface area (Å²) in [5.74, 6) is 0. The highest BCUT2D eigenvalue weighted by Gasteiger charge is 2.33. The van der Waals surface area contributed by atoms with E-state index in [4.69, 9.17) is 0 Å². The monoisotopic (exact) mass is 412 g/mol. The number of anilines is 2. The van der Waals surface area contributed by atoms with Gasteiger partial charge in [0.25, 0.3) is 0 Å². The van der Waals surface area contributed by atoms with Crippen LogP contribution in [0.15, 0.2) is 54.7 Å². The summed E-state index contributed by atoms with van der Waals surface area (Å²) in [5.41, 5.74) is 6.72. The van der Waals surface area contributed by atoms with Gasteiger partial charge in [-0.15, -0.1) is 0 Å². The van der Waals surface area contributed by atoms with Gasteiger partial charge in [0.05, 0.1) is 17.4 Å². The minimum Gasteiger partial charge on any atom is -0.370 e. The van der Waals surface area contributed by atoms with E-state index in [0.717, 1.165) is 37.1 Å². The Hall–Kier alpha value is -2.59. The van der Waals surface area contributed by atoms with Crippen molar-refractivity contribution >= 4 is 22.3 Å². The Morgan fingerprint density at radius 1 is 0.871 bits per heavy atom. The van der Waals surface area contributed by atoms with E-state index < -0.39 is 0 Å². The lowest BCUT2D eigenvalue weighted by Crippen LogP contribution is -2.39. The van der Waals surface area contributed by atoms with Crippen molar-refractivity contribution < 1.29 is 0 Å². The lowest BCUT2D eigenvalue weighted by atomic mass is 9.98. The van der Waals surface area contributed by atoms with Crippen LogP contribution in [0, 0.1) is 0 Å². The van der Waals surface area contributed by atoms with Crippen LogP contribution in [0.3, 0.4) is 0 Å². The van der Waals surface area contributed by atoms with Gasteiger partial charge in [-0.2, -0.15) is 0 Å². The number of aromatic nitrogens is 1. The second kappa shape index (κ2) is 7.83. The maximum atomic E-state index is 4.67. The predicted octanol–water partition coefficient (Wildman–Crippen LogP) is 4.86. The molecule has 4 heteroatoms. The molecule has 31 heavy (non-hydrogen) atoms. The summed E-state index contributed by atoms with van der Waals surface area (Å²) in [6.45, 7) is 8.13. The second-order valence-corrected chi connectivity index (χ2v) is 9.63.